The molecule has 3 aliphatic rings. The lowest BCUT2D eigenvalue weighted by Gasteiger charge is -2.39. The van der Waals surface area contributed by atoms with Gasteiger partial charge < -0.3 is 10.2 Å². The van der Waals surface area contributed by atoms with Crippen molar-refractivity contribution in [1.82, 2.24) is 15.1 Å². The fourth-order valence-electron chi connectivity index (χ4n) is 4.39. The first-order valence-electron chi connectivity index (χ1n) is 8.94. The molecule has 3 saturated heterocycles. The molecule has 0 aliphatic carbocycles. The van der Waals surface area contributed by atoms with Gasteiger partial charge in [0.2, 0.25) is 5.91 Å². The predicted octanol–water partition coefficient (Wildman–Crippen LogP) is 1.85. The normalized spacial score (nSPS) is 32.2. The monoisotopic (exact) mass is 293 g/mol. The molecule has 0 aromatic carbocycles. The minimum absolute atomic E-state index is 0.0990. The number of piperidine rings is 1. The van der Waals surface area contributed by atoms with E-state index in [1.165, 1.54) is 32.1 Å². The summed E-state index contributed by atoms with van der Waals surface area (Å²) in [5.41, 5.74) is 0. The maximum atomic E-state index is 13.1. The molecule has 3 heterocycles. The fourth-order valence-corrected chi connectivity index (χ4v) is 4.39. The largest absolute Gasteiger partial charge is 0.340 e. The molecular formula is C17H31N3O. The Bertz CT molecular complexity index is 365. The van der Waals surface area contributed by atoms with Crippen LogP contribution in [-0.2, 0) is 4.79 Å². The standard InChI is InChI=1S/C17H31N3O/c1-13(2)16(19-9-4-3-5-10-19)17(21)20-11-8-14-6-7-15(12-20)18-14/h13-16,18H,3-12H2,1-2H3. The number of hydrogen-bond donors (Lipinski definition) is 1. The van der Waals surface area contributed by atoms with Gasteiger partial charge in [0.25, 0.3) is 0 Å². The molecular weight excluding hydrogens is 262 g/mol. The van der Waals surface area contributed by atoms with E-state index in [2.05, 4.69) is 29.0 Å². The van der Waals surface area contributed by atoms with Gasteiger partial charge in [0.15, 0.2) is 0 Å². The summed E-state index contributed by atoms with van der Waals surface area (Å²) in [6.45, 7) is 8.49. The number of carbonyl (C=O) groups is 1. The third kappa shape index (κ3) is 3.42. The summed E-state index contributed by atoms with van der Waals surface area (Å²) >= 11 is 0. The number of rotatable bonds is 3. The number of likely N-dealkylation sites (tertiary alicyclic amines) is 2. The van der Waals surface area contributed by atoms with Crippen LogP contribution >= 0.6 is 0 Å². The molecule has 4 heteroatoms. The molecule has 0 aromatic rings. The van der Waals surface area contributed by atoms with E-state index in [1.54, 1.807) is 0 Å². The quantitative estimate of drug-likeness (QED) is 0.862. The minimum atomic E-state index is 0.0990. The summed E-state index contributed by atoms with van der Waals surface area (Å²) in [4.78, 5) is 17.7. The van der Waals surface area contributed by atoms with Crippen molar-refractivity contribution in [2.24, 2.45) is 5.92 Å². The molecule has 3 rings (SSSR count). The molecule has 3 atom stereocenters. The first kappa shape index (κ1) is 15.3. The molecule has 0 aromatic heterocycles. The van der Waals surface area contributed by atoms with Crippen LogP contribution in [0.5, 0.6) is 0 Å². The first-order chi connectivity index (χ1) is 10.1. The zero-order valence-corrected chi connectivity index (χ0v) is 13.7. The molecule has 1 N–H and O–H groups in total. The molecule has 1 amide bonds. The molecule has 0 saturated carbocycles. The molecule has 3 aliphatic heterocycles. The van der Waals surface area contributed by atoms with Gasteiger partial charge in [-0.1, -0.05) is 20.3 Å². The average Bonchev–Trinajstić information content (AvgIpc) is 2.79. The topological polar surface area (TPSA) is 35.6 Å². The molecule has 0 radical (unpaired) electrons. The van der Waals surface area contributed by atoms with Gasteiger partial charge in [0, 0.05) is 25.2 Å². The van der Waals surface area contributed by atoms with E-state index in [0.717, 1.165) is 32.6 Å². The Kier molecular flexibility index (Phi) is 4.85. The maximum absolute atomic E-state index is 13.1. The van der Waals surface area contributed by atoms with Gasteiger partial charge >= 0.3 is 0 Å². The van der Waals surface area contributed by atoms with Gasteiger partial charge in [-0.25, -0.2) is 0 Å². The average molecular weight is 293 g/mol. The Morgan fingerprint density at radius 3 is 2.43 bits per heavy atom. The van der Waals surface area contributed by atoms with Crippen molar-refractivity contribution < 1.29 is 4.79 Å². The summed E-state index contributed by atoms with van der Waals surface area (Å²) < 4.78 is 0. The van der Waals surface area contributed by atoms with Crippen molar-refractivity contribution in [2.75, 3.05) is 26.2 Å². The van der Waals surface area contributed by atoms with Crippen LogP contribution in [0.15, 0.2) is 0 Å². The van der Waals surface area contributed by atoms with Crippen LogP contribution in [0.3, 0.4) is 0 Å². The van der Waals surface area contributed by atoms with Crippen LogP contribution in [-0.4, -0.2) is 60.0 Å². The second-order valence-corrected chi connectivity index (χ2v) is 7.50. The number of fused-ring (bicyclic) bond motifs is 2. The summed E-state index contributed by atoms with van der Waals surface area (Å²) in [6, 6.07) is 1.29. The van der Waals surface area contributed by atoms with E-state index in [1.807, 2.05) is 0 Å². The van der Waals surface area contributed by atoms with Crippen LogP contribution < -0.4 is 5.32 Å². The molecule has 4 nitrogen and oxygen atoms in total. The van der Waals surface area contributed by atoms with Gasteiger partial charge in [0.1, 0.15) is 0 Å². The SMILES string of the molecule is CC(C)C(C(=O)N1CCC2CCC(C1)N2)N1CCCCC1. The number of hydrogen-bond acceptors (Lipinski definition) is 3. The summed E-state index contributed by atoms with van der Waals surface area (Å²) in [5, 5.41) is 3.68. The zero-order chi connectivity index (χ0) is 14.8. The Morgan fingerprint density at radius 2 is 1.71 bits per heavy atom. The fraction of sp³-hybridized carbons (Fsp3) is 0.941. The summed E-state index contributed by atoms with van der Waals surface area (Å²) in [5.74, 6) is 0.797. The third-order valence-corrected chi connectivity index (χ3v) is 5.50. The number of nitrogens with one attached hydrogen (secondary N) is 1. The highest BCUT2D eigenvalue weighted by atomic mass is 16.2. The van der Waals surface area contributed by atoms with Crippen molar-refractivity contribution in [2.45, 2.75) is 70.5 Å². The Hall–Kier alpha value is -0.610. The van der Waals surface area contributed by atoms with E-state index in [-0.39, 0.29) is 6.04 Å². The van der Waals surface area contributed by atoms with Crippen molar-refractivity contribution in [3.8, 4) is 0 Å². The van der Waals surface area contributed by atoms with Crippen molar-refractivity contribution in [1.29, 1.82) is 0 Å². The summed E-state index contributed by atoms with van der Waals surface area (Å²) in [7, 11) is 0. The Balaban J connectivity index is 1.68. The predicted molar refractivity (Wildman–Crippen MR) is 85.2 cm³/mol. The highest BCUT2D eigenvalue weighted by Crippen LogP contribution is 2.24. The lowest BCUT2D eigenvalue weighted by molar-refractivity contribution is -0.139. The van der Waals surface area contributed by atoms with E-state index < -0.39 is 0 Å². The molecule has 3 fully saturated rings. The van der Waals surface area contributed by atoms with Gasteiger partial charge in [-0.2, -0.15) is 0 Å². The van der Waals surface area contributed by atoms with Crippen LogP contribution in [0.2, 0.25) is 0 Å². The lowest BCUT2D eigenvalue weighted by Crippen LogP contribution is -2.54. The van der Waals surface area contributed by atoms with Crippen molar-refractivity contribution in [3.05, 3.63) is 0 Å². The number of nitrogens with zero attached hydrogens (tertiary/aromatic N) is 2. The second-order valence-electron chi connectivity index (χ2n) is 7.50. The van der Waals surface area contributed by atoms with E-state index in [0.29, 0.717) is 23.9 Å². The smallest absolute Gasteiger partial charge is 0.240 e. The Morgan fingerprint density at radius 1 is 1.00 bits per heavy atom. The maximum Gasteiger partial charge on any atom is 0.240 e. The molecule has 2 bridgehead atoms. The van der Waals surface area contributed by atoms with Gasteiger partial charge in [-0.3, -0.25) is 9.69 Å². The lowest BCUT2D eigenvalue weighted by atomic mass is 9.97. The third-order valence-electron chi connectivity index (χ3n) is 5.50. The van der Waals surface area contributed by atoms with Crippen molar-refractivity contribution >= 4 is 5.91 Å². The van der Waals surface area contributed by atoms with E-state index in [4.69, 9.17) is 0 Å². The Labute approximate surface area is 129 Å². The van der Waals surface area contributed by atoms with Gasteiger partial charge in [0.05, 0.1) is 6.04 Å². The first-order valence-corrected chi connectivity index (χ1v) is 8.94. The number of carbonyl (C=O) groups excluding carboxylic acids is 1. The van der Waals surface area contributed by atoms with Crippen LogP contribution in [0.1, 0.15) is 52.4 Å². The molecule has 3 unspecified atom stereocenters. The highest BCUT2D eigenvalue weighted by Gasteiger charge is 2.37. The zero-order valence-electron chi connectivity index (χ0n) is 13.7. The molecule has 0 spiro atoms. The van der Waals surface area contributed by atoms with Gasteiger partial charge in [-0.05, 0) is 51.1 Å². The second kappa shape index (κ2) is 6.66. The van der Waals surface area contributed by atoms with Crippen molar-refractivity contribution in [3.63, 3.8) is 0 Å². The summed E-state index contributed by atoms with van der Waals surface area (Å²) in [6.07, 6.45) is 7.50. The number of amides is 1. The molecule has 21 heavy (non-hydrogen) atoms. The van der Waals surface area contributed by atoms with Crippen LogP contribution in [0, 0.1) is 5.92 Å². The van der Waals surface area contributed by atoms with Crippen LogP contribution in [0.25, 0.3) is 0 Å². The van der Waals surface area contributed by atoms with Crippen LogP contribution in [0.4, 0.5) is 0 Å². The molecule has 120 valence electrons. The minimum Gasteiger partial charge on any atom is -0.340 e. The highest BCUT2D eigenvalue weighted by molar-refractivity contribution is 5.82. The van der Waals surface area contributed by atoms with Gasteiger partial charge in [-0.15, -0.1) is 0 Å². The van der Waals surface area contributed by atoms with E-state index >= 15 is 0 Å². The van der Waals surface area contributed by atoms with E-state index in [9.17, 15) is 4.79 Å².